The third kappa shape index (κ3) is 12.0. The van der Waals surface area contributed by atoms with Gasteiger partial charge in [-0.3, -0.25) is 0 Å². The maximum Gasteiger partial charge on any atom is 0.416 e. The van der Waals surface area contributed by atoms with Crippen LogP contribution in [0, 0.1) is 0 Å². The highest BCUT2D eigenvalue weighted by molar-refractivity contribution is 6.24. The van der Waals surface area contributed by atoms with Crippen molar-refractivity contribution in [1.82, 2.24) is 0 Å². The number of hydrogen-bond donors (Lipinski definition) is 0. The fourth-order valence-electron chi connectivity index (χ4n) is 10.7. The Morgan fingerprint density at radius 3 is 0.512 bits per heavy atom. The lowest BCUT2D eigenvalue weighted by Crippen LogP contribution is -2.11. The largest absolute Gasteiger partial charge is 0.416 e. The van der Waals surface area contributed by atoms with E-state index in [-0.39, 0.29) is 66.5 Å². The molecule has 0 heterocycles. The van der Waals surface area contributed by atoms with E-state index in [1.165, 1.54) is 0 Å². The molecule has 0 bridgehead atoms. The molecule has 0 amide bonds. The van der Waals surface area contributed by atoms with Gasteiger partial charge in [0.2, 0.25) is 0 Å². The third-order valence-electron chi connectivity index (χ3n) is 15.4. The van der Waals surface area contributed by atoms with E-state index in [1.807, 2.05) is 180 Å². The van der Waals surface area contributed by atoms with Gasteiger partial charge in [0.1, 0.15) is 0 Å². The standard InChI is InChI=1S/C70H62F12/c1-63(2,3)45-21-13-39(14-22-45)53-35-57-58(36-54(53)40-15-23-46(24-16-40)64(4,5)6)62(44-31-51(69(77,78)79)34-52(32-44)70(80,81)82)60-38-56(42-19-27-48(28-20-42)66(10,11)12)55(41-17-25-47(26-18-41)65(7,8)9)37-59(60)61(57)43-29-49(67(71,72)73)33-50(30-43)68(74,75)76/h13-38H,1-12H3. The molecule has 0 spiro atoms. The summed E-state index contributed by atoms with van der Waals surface area (Å²) in [4.78, 5) is 0. The van der Waals surface area contributed by atoms with Crippen molar-refractivity contribution in [3.05, 3.63) is 202 Å². The lowest BCUT2D eigenvalue weighted by atomic mass is 9.78. The summed E-state index contributed by atoms with van der Waals surface area (Å²) in [5.41, 5.74) is -1.55. The number of hydrogen-bond acceptors (Lipinski definition) is 0. The van der Waals surface area contributed by atoms with E-state index in [4.69, 9.17) is 0 Å². The number of halogens is 12. The van der Waals surface area contributed by atoms with Gasteiger partial charge in [0.15, 0.2) is 0 Å². The van der Waals surface area contributed by atoms with Gasteiger partial charge in [0.25, 0.3) is 0 Å². The first kappa shape index (κ1) is 59.3. The van der Waals surface area contributed by atoms with Crippen molar-refractivity contribution in [3.63, 3.8) is 0 Å². The van der Waals surface area contributed by atoms with Crippen LogP contribution in [-0.2, 0) is 46.4 Å². The van der Waals surface area contributed by atoms with Crippen LogP contribution < -0.4 is 0 Å². The van der Waals surface area contributed by atoms with Crippen LogP contribution in [0.3, 0.4) is 0 Å². The van der Waals surface area contributed by atoms with Crippen molar-refractivity contribution in [1.29, 1.82) is 0 Å². The molecule has 0 aliphatic carbocycles. The van der Waals surface area contributed by atoms with E-state index in [9.17, 15) is 0 Å². The Morgan fingerprint density at radius 2 is 0.366 bits per heavy atom. The molecule has 0 N–H and O–H groups in total. The molecule has 0 aliphatic rings. The first-order valence-corrected chi connectivity index (χ1v) is 26.8. The summed E-state index contributed by atoms with van der Waals surface area (Å²) in [6, 6.07) is 38.7. The molecule has 9 aromatic carbocycles. The van der Waals surface area contributed by atoms with E-state index < -0.39 is 58.1 Å². The second-order valence-electron chi connectivity index (χ2n) is 25.5. The number of fused-ring (bicyclic) bond motifs is 2. The van der Waals surface area contributed by atoms with Gasteiger partial charge in [0.05, 0.1) is 22.3 Å². The van der Waals surface area contributed by atoms with Gasteiger partial charge in [-0.1, -0.05) is 180 Å². The summed E-state index contributed by atoms with van der Waals surface area (Å²) in [7, 11) is 0. The molecule has 426 valence electrons. The highest BCUT2D eigenvalue weighted by Gasteiger charge is 2.40. The summed E-state index contributed by atoms with van der Waals surface area (Å²) in [5.74, 6) is 0. The minimum absolute atomic E-state index is 0.0205. The van der Waals surface area contributed by atoms with Gasteiger partial charge in [-0.2, -0.15) is 52.7 Å². The van der Waals surface area contributed by atoms with Crippen LogP contribution in [0.5, 0.6) is 0 Å². The molecule has 0 unspecified atom stereocenters. The smallest absolute Gasteiger partial charge is 0.166 e. The van der Waals surface area contributed by atoms with Crippen LogP contribution in [0.25, 0.3) is 88.3 Å². The monoisotopic (exact) mass is 1130 g/mol. The van der Waals surface area contributed by atoms with Gasteiger partial charge in [-0.25, -0.2) is 0 Å². The molecule has 0 fully saturated rings. The average Bonchev–Trinajstić information content (AvgIpc) is 2.00. The average molecular weight is 1130 g/mol. The molecule has 82 heavy (non-hydrogen) atoms. The first-order valence-electron chi connectivity index (χ1n) is 26.8. The molecule has 9 aromatic rings. The molecule has 0 saturated heterocycles. The predicted molar refractivity (Wildman–Crippen MR) is 309 cm³/mol. The van der Waals surface area contributed by atoms with Crippen molar-refractivity contribution < 1.29 is 52.7 Å². The number of alkyl halides is 12. The Hall–Kier alpha value is -7.34. The second kappa shape index (κ2) is 20.2. The van der Waals surface area contributed by atoms with Crippen LogP contribution in [0.4, 0.5) is 52.7 Å². The van der Waals surface area contributed by atoms with Gasteiger partial charge in [0, 0.05) is 0 Å². The van der Waals surface area contributed by atoms with Crippen molar-refractivity contribution in [2.45, 2.75) is 129 Å². The Labute approximate surface area is 470 Å². The second-order valence-corrected chi connectivity index (χ2v) is 25.5. The minimum atomic E-state index is -5.31. The van der Waals surface area contributed by atoms with Crippen LogP contribution in [0.1, 0.15) is 128 Å². The highest BCUT2D eigenvalue weighted by atomic mass is 19.4. The highest BCUT2D eigenvalue weighted by Crippen LogP contribution is 2.53. The Bertz CT molecular complexity index is 3380. The van der Waals surface area contributed by atoms with Crippen molar-refractivity contribution in [2.24, 2.45) is 0 Å². The van der Waals surface area contributed by atoms with Crippen LogP contribution in [0.2, 0.25) is 0 Å². The maximum absolute atomic E-state index is 15.2. The molecule has 0 nitrogen and oxygen atoms in total. The minimum Gasteiger partial charge on any atom is -0.166 e. The summed E-state index contributed by atoms with van der Waals surface area (Å²) < 4.78 is 182. The maximum atomic E-state index is 15.2. The number of rotatable bonds is 6. The fraction of sp³-hybridized carbons (Fsp3) is 0.286. The van der Waals surface area contributed by atoms with Crippen LogP contribution in [0.15, 0.2) is 158 Å². The third-order valence-corrected chi connectivity index (χ3v) is 15.4. The lowest BCUT2D eigenvalue weighted by Gasteiger charge is -2.25. The zero-order chi connectivity index (χ0) is 60.2. The zero-order valence-corrected chi connectivity index (χ0v) is 47.5. The lowest BCUT2D eigenvalue weighted by molar-refractivity contribution is -0.144. The summed E-state index contributed by atoms with van der Waals surface area (Å²) in [5, 5.41) is -0.159. The quantitative estimate of drug-likeness (QED) is 0.115. The van der Waals surface area contributed by atoms with E-state index in [2.05, 4.69) is 0 Å². The van der Waals surface area contributed by atoms with Gasteiger partial charge >= 0.3 is 24.7 Å². The normalized spacial score (nSPS) is 13.4. The molecule has 0 atom stereocenters. The molecule has 12 heteroatoms. The summed E-state index contributed by atoms with van der Waals surface area (Å²) >= 11 is 0. The van der Waals surface area contributed by atoms with E-state index in [0.29, 0.717) is 68.8 Å². The van der Waals surface area contributed by atoms with Crippen LogP contribution in [-0.4, -0.2) is 0 Å². The van der Waals surface area contributed by atoms with Gasteiger partial charge < -0.3 is 0 Å². The molecule has 9 rings (SSSR count). The molecule has 0 aromatic heterocycles. The number of benzene rings is 9. The Balaban J connectivity index is 1.60. The molecular formula is C70H62F12. The molecule has 0 saturated carbocycles. The topological polar surface area (TPSA) is 0 Å². The van der Waals surface area contributed by atoms with Crippen molar-refractivity contribution in [3.8, 4) is 66.8 Å². The summed E-state index contributed by atoms with van der Waals surface area (Å²) in [6.45, 7) is 24.2. The Kier molecular flexibility index (Phi) is 14.6. The van der Waals surface area contributed by atoms with Crippen molar-refractivity contribution >= 4 is 21.5 Å². The van der Waals surface area contributed by atoms with E-state index >= 15 is 52.7 Å². The zero-order valence-electron chi connectivity index (χ0n) is 47.5. The van der Waals surface area contributed by atoms with Gasteiger partial charge in [-0.15, -0.1) is 0 Å². The fourth-order valence-corrected chi connectivity index (χ4v) is 10.7. The predicted octanol–water partition coefficient (Wildman–Crippen LogP) is 23.3. The summed E-state index contributed by atoms with van der Waals surface area (Å²) in [6.07, 6.45) is -21.3. The molecular weight excluding hydrogens is 1070 g/mol. The van der Waals surface area contributed by atoms with Crippen molar-refractivity contribution in [2.75, 3.05) is 0 Å². The van der Waals surface area contributed by atoms with Crippen LogP contribution >= 0.6 is 0 Å². The Morgan fingerprint density at radius 1 is 0.195 bits per heavy atom. The molecule has 0 radical (unpaired) electrons. The van der Waals surface area contributed by atoms with E-state index in [1.54, 1.807) is 24.3 Å². The first-order chi connectivity index (χ1) is 37.7. The van der Waals surface area contributed by atoms with Gasteiger partial charge in [-0.05, 0) is 193 Å². The SMILES string of the molecule is CC(C)(C)c1ccc(-c2cc3c(-c4cc(C(F)(F)F)cc(C(F)(F)F)c4)c4cc(-c5ccc(C(C)(C)C)cc5)c(-c5ccc(C(C)(C)C)cc5)cc4c(-c4cc(C(F)(F)F)cc(C(F)(F)F)c4)c3cc2-c2ccc(C(C)(C)C)cc2)cc1. The van der Waals surface area contributed by atoms with E-state index in [0.717, 1.165) is 22.3 Å². The molecule has 0 aliphatic heterocycles.